The van der Waals surface area contributed by atoms with Gasteiger partial charge in [-0.15, -0.1) is 0 Å². The number of rotatable bonds is 3. The zero-order valence-corrected chi connectivity index (χ0v) is 9.06. The first-order chi connectivity index (χ1) is 4.77. The minimum Gasteiger partial charge on any atom is -1.00 e. The molecule has 1 rings (SSSR count). The fraction of sp³-hybridized carbons (Fsp3) is 1.00. The lowest BCUT2D eigenvalue weighted by Gasteiger charge is -2.28. The molecular weight excluding hydrogens is 206 g/mol. The van der Waals surface area contributed by atoms with Crippen LogP contribution in [0.15, 0.2) is 0 Å². The van der Waals surface area contributed by atoms with Gasteiger partial charge in [-0.1, -0.05) is 0 Å². The van der Waals surface area contributed by atoms with Gasteiger partial charge in [0.2, 0.25) is 0 Å². The topological polar surface area (TPSA) is 9.23 Å². The Bertz CT molecular complexity index is 102. The van der Waals surface area contributed by atoms with Crippen LogP contribution in [0.4, 0.5) is 0 Å². The van der Waals surface area contributed by atoms with Crippen molar-refractivity contribution in [1.82, 2.24) is 0 Å². The molecule has 0 spiro atoms. The van der Waals surface area contributed by atoms with Gasteiger partial charge in [-0.25, -0.2) is 0 Å². The van der Waals surface area contributed by atoms with Gasteiger partial charge in [0.1, 0.15) is 6.54 Å². The lowest BCUT2D eigenvalue weighted by atomic mass is 10.4. The molecule has 0 saturated carbocycles. The summed E-state index contributed by atoms with van der Waals surface area (Å²) in [6, 6.07) is 0. The summed E-state index contributed by atoms with van der Waals surface area (Å²) in [6.07, 6.45) is 2.81. The minimum atomic E-state index is 0. The van der Waals surface area contributed by atoms with Gasteiger partial charge in [0.25, 0.3) is 0 Å². The molecule has 1 heterocycles. The fourth-order valence-electron chi connectivity index (χ4n) is 1.63. The van der Waals surface area contributed by atoms with E-state index in [0.717, 1.165) is 6.61 Å². The van der Waals surface area contributed by atoms with Crippen LogP contribution in [0.2, 0.25) is 0 Å². The van der Waals surface area contributed by atoms with E-state index < -0.39 is 0 Å². The molecule has 0 aliphatic carbocycles. The summed E-state index contributed by atoms with van der Waals surface area (Å²) in [5.41, 5.74) is 0. The van der Waals surface area contributed by atoms with Crippen molar-refractivity contribution >= 4 is 0 Å². The molecular formula is C8H18BrNO. The maximum absolute atomic E-state index is 5.05. The van der Waals surface area contributed by atoms with Crippen molar-refractivity contribution in [3.8, 4) is 0 Å². The highest BCUT2D eigenvalue weighted by Gasteiger charge is 2.25. The van der Waals surface area contributed by atoms with Crippen LogP contribution >= 0.6 is 0 Å². The Morgan fingerprint density at radius 2 is 1.82 bits per heavy atom. The van der Waals surface area contributed by atoms with Gasteiger partial charge in [0, 0.05) is 20.0 Å². The van der Waals surface area contributed by atoms with Crippen LogP contribution in [0, 0.1) is 0 Å². The highest BCUT2D eigenvalue weighted by atomic mass is 79.9. The summed E-state index contributed by atoms with van der Waals surface area (Å²) >= 11 is 0. The number of likely N-dealkylation sites (N-methyl/N-ethyl adjacent to an activating group) is 1. The average Bonchev–Trinajstić information content (AvgIpc) is 2.33. The molecule has 0 amide bonds. The maximum atomic E-state index is 5.05. The van der Waals surface area contributed by atoms with Crippen molar-refractivity contribution < 1.29 is 26.2 Å². The van der Waals surface area contributed by atoms with Gasteiger partial charge in [-0.3, -0.25) is 0 Å². The van der Waals surface area contributed by atoms with Gasteiger partial charge >= 0.3 is 0 Å². The molecule has 1 saturated heterocycles. The third kappa shape index (κ3) is 3.54. The molecule has 68 valence electrons. The zero-order chi connectivity index (χ0) is 7.45. The number of quaternary nitrogens is 1. The monoisotopic (exact) mass is 223 g/mol. The van der Waals surface area contributed by atoms with Crippen molar-refractivity contribution in [1.29, 1.82) is 0 Å². The molecule has 0 N–H and O–H groups in total. The summed E-state index contributed by atoms with van der Waals surface area (Å²) in [5.74, 6) is 0. The second-order valence-corrected chi connectivity index (χ2v) is 3.49. The number of hydrogen-bond donors (Lipinski definition) is 0. The number of ether oxygens (including phenoxy) is 1. The number of methoxy groups -OCH3 is 1. The lowest BCUT2D eigenvalue weighted by molar-refractivity contribution is -0.897. The minimum absolute atomic E-state index is 0. The van der Waals surface area contributed by atoms with E-state index >= 15 is 0 Å². The summed E-state index contributed by atoms with van der Waals surface area (Å²) in [6.45, 7) is 4.81. The second-order valence-electron chi connectivity index (χ2n) is 3.49. The SMILES string of the molecule is COCC[N+]1(C)CCCC1.[Br-]. The van der Waals surface area contributed by atoms with E-state index in [4.69, 9.17) is 4.74 Å². The first-order valence-electron chi connectivity index (χ1n) is 4.09. The summed E-state index contributed by atoms with van der Waals surface area (Å²) in [5, 5.41) is 0. The third-order valence-corrected chi connectivity index (χ3v) is 2.48. The molecule has 2 nitrogen and oxygen atoms in total. The van der Waals surface area contributed by atoms with Crippen LogP contribution in [-0.4, -0.2) is 44.9 Å². The Morgan fingerprint density at radius 3 is 2.27 bits per heavy atom. The number of halogens is 1. The highest BCUT2D eigenvalue weighted by Crippen LogP contribution is 2.15. The van der Waals surface area contributed by atoms with Crippen molar-refractivity contribution in [2.75, 3.05) is 40.4 Å². The van der Waals surface area contributed by atoms with Gasteiger partial charge in [-0.2, -0.15) is 0 Å². The molecule has 0 bridgehead atoms. The Balaban J connectivity index is 0.000001000. The van der Waals surface area contributed by atoms with Crippen LogP contribution in [0.3, 0.4) is 0 Å². The molecule has 0 aromatic rings. The predicted octanol–water partition coefficient (Wildman–Crippen LogP) is -2.12. The largest absolute Gasteiger partial charge is 1.00 e. The number of nitrogens with zero attached hydrogens (tertiary/aromatic N) is 1. The second kappa shape index (κ2) is 5.12. The molecule has 1 aliphatic rings. The normalized spacial score (nSPS) is 21.3. The van der Waals surface area contributed by atoms with Crippen LogP contribution in [0.25, 0.3) is 0 Å². The Labute approximate surface area is 79.9 Å². The van der Waals surface area contributed by atoms with E-state index in [0.29, 0.717) is 0 Å². The predicted molar refractivity (Wildman–Crippen MR) is 41.9 cm³/mol. The number of hydrogen-bond acceptors (Lipinski definition) is 1. The average molecular weight is 224 g/mol. The van der Waals surface area contributed by atoms with Gasteiger partial charge in [0.05, 0.1) is 26.7 Å². The van der Waals surface area contributed by atoms with Crippen molar-refractivity contribution in [2.24, 2.45) is 0 Å². The molecule has 0 unspecified atom stereocenters. The van der Waals surface area contributed by atoms with Crippen molar-refractivity contribution in [2.45, 2.75) is 12.8 Å². The summed E-state index contributed by atoms with van der Waals surface area (Å²) in [7, 11) is 4.11. The highest BCUT2D eigenvalue weighted by molar-refractivity contribution is 4.50. The Morgan fingerprint density at radius 1 is 1.27 bits per heavy atom. The Kier molecular flexibility index (Phi) is 5.30. The molecule has 0 aromatic carbocycles. The van der Waals surface area contributed by atoms with Crippen LogP contribution in [0.5, 0.6) is 0 Å². The molecule has 0 radical (unpaired) electrons. The first-order valence-corrected chi connectivity index (χ1v) is 4.09. The quantitative estimate of drug-likeness (QED) is 0.498. The van der Waals surface area contributed by atoms with Crippen LogP contribution < -0.4 is 17.0 Å². The maximum Gasteiger partial charge on any atom is 0.102 e. The van der Waals surface area contributed by atoms with E-state index in [2.05, 4.69) is 7.05 Å². The molecule has 1 aliphatic heterocycles. The zero-order valence-electron chi connectivity index (χ0n) is 7.48. The van der Waals surface area contributed by atoms with Crippen molar-refractivity contribution in [3.05, 3.63) is 0 Å². The van der Waals surface area contributed by atoms with E-state index in [1.807, 2.05) is 0 Å². The smallest absolute Gasteiger partial charge is 0.102 e. The molecule has 0 aromatic heterocycles. The third-order valence-electron chi connectivity index (χ3n) is 2.48. The first kappa shape index (κ1) is 11.4. The molecule has 1 fully saturated rings. The van der Waals surface area contributed by atoms with E-state index in [-0.39, 0.29) is 17.0 Å². The van der Waals surface area contributed by atoms with E-state index in [1.165, 1.54) is 37.0 Å². The van der Waals surface area contributed by atoms with Crippen LogP contribution in [-0.2, 0) is 4.74 Å². The lowest BCUT2D eigenvalue weighted by Crippen LogP contribution is -3.00. The molecule has 3 heteroatoms. The van der Waals surface area contributed by atoms with E-state index in [1.54, 1.807) is 7.11 Å². The van der Waals surface area contributed by atoms with Gasteiger partial charge in [0.15, 0.2) is 0 Å². The fourth-order valence-corrected chi connectivity index (χ4v) is 1.63. The summed E-state index contributed by atoms with van der Waals surface area (Å²) in [4.78, 5) is 0. The van der Waals surface area contributed by atoms with Crippen LogP contribution in [0.1, 0.15) is 12.8 Å². The van der Waals surface area contributed by atoms with Crippen molar-refractivity contribution in [3.63, 3.8) is 0 Å². The van der Waals surface area contributed by atoms with Gasteiger partial charge in [-0.05, 0) is 0 Å². The standard InChI is InChI=1S/C8H18NO.BrH/c1-9(7-8-10-2)5-3-4-6-9;/h3-8H2,1-2H3;1H/q+1;/p-1. The molecule has 11 heavy (non-hydrogen) atoms. The number of likely N-dealkylation sites (tertiary alicyclic amines) is 1. The van der Waals surface area contributed by atoms with Gasteiger partial charge < -0.3 is 26.2 Å². The molecule has 0 atom stereocenters. The van der Waals surface area contributed by atoms with E-state index in [9.17, 15) is 0 Å². The Hall–Kier alpha value is 0.400. The summed E-state index contributed by atoms with van der Waals surface area (Å²) < 4.78 is 6.28.